The smallest absolute Gasteiger partial charge is 0.299 e. The number of ketones is 1. The zero-order valence-corrected chi connectivity index (χ0v) is 15.8. The van der Waals surface area contributed by atoms with Gasteiger partial charge < -0.3 is 0 Å². The third-order valence-electron chi connectivity index (χ3n) is 4.56. The lowest BCUT2D eigenvalue weighted by atomic mass is 9.86. The molecule has 0 aliphatic carbocycles. The van der Waals surface area contributed by atoms with Crippen molar-refractivity contribution in [1.82, 2.24) is 15.0 Å². The van der Waals surface area contributed by atoms with Crippen LogP contribution in [0.4, 0.5) is 26.3 Å². The molecule has 0 fully saturated rings. The first-order valence-corrected chi connectivity index (χ1v) is 9.00. The van der Waals surface area contributed by atoms with Crippen molar-refractivity contribution >= 4 is 5.78 Å². The van der Waals surface area contributed by atoms with Gasteiger partial charge in [0.25, 0.3) is 0 Å². The maximum atomic E-state index is 13.5. The third kappa shape index (κ3) is 5.65. The summed E-state index contributed by atoms with van der Waals surface area (Å²) in [5.41, 5.74) is -1.83. The van der Waals surface area contributed by atoms with Crippen molar-refractivity contribution in [3.8, 4) is 0 Å². The van der Waals surface area contributed by atoms with Crippen molar-refractivity contribution in [3.63, 3.8) is 0 Å². The Kier molecular flexibility index (Phi) is 6.37. The topological polar surface area (TPSA) is 55.7 Å². The minimum absolute atomic E-state index is 0.120. The van der Waals surface area contributed by atoms with Crippen LogP contribution in [0.2, 0.25) is 0 Å². The highest BCUT2D eigenvalue weighted by Gasteiger charge is 2.37. The van der Waals surface area contributed by atoms with E-state index in [1.807, 2.05) is 0 Å². The van der Waals surface area contributed by atoms with Crippen LogP contribution in [0.15, 0.2) is 61.3 Å². The number of hydrogen-bond donors (Lipinski definition) is 0. The molecular formula is C21H15F6N3O. The number of benzene rings is 1. The summed E-state index contributed by atoms with van der Waals surface area (Å²) in [5.74, 6) is -1.62. The number of carbonyl (C=O) groups excluding carboxylic acids is 1. The van der Waals surface area contributed by atoms with Crippen LogP contribution in [-0.4, -0.2) is 20.7 Å². The molecule has 0 unspecified atom stereocenters. The summed E-state index contributed by atoms with van der Waals surface area (Å²) in [5, 5.41) is 0. The molecule has 1 aromatic carbocycles. The summed E-state index contributed by atoms with van der Waals surface area (Å²) in [6.45, 7) is 0. The van der Waals surface area contributed by atoms with Gasteiger partial charge in [0.2, 0.25) is 0 Å². The van der Waals surface area contributed by atoms with E-state index >= 15 is 0 Å². The average Bonchev–Trinajstić information content (AvgIpc) is 2.72. The first-order valence-electron chi connectivity index (χ1n) is 9.00. The van der Waals surface area contributed by atoms with Crippen LogP contribution in [0.25, 0.3) is 0 Å². The summed E-state index contributed by atoms with van der Waals surface area (Å²) in [6, 6.07) is 5.62. The van der Waals surface area contributed by atoms with E-state index in [-0.39, 0.29) is 18.4 Å². The van der Waals surface area contributed by atoms with Crippen LogP contribution in [0.3, 0.4) is 0 Å². The van der Waals surface area contributed by atoms with Gasteiger partial charge in [-0.05, 0) is 35.4 Å². The largest absolute Gasteiger partial charge is 0.418 e. The molecule has 0 aliphatic rings. The average molecular weight is 439 g/mol. The van der Waals surface area contributed by atoms with Crippen molar-refractivity contribution in [2.45, 2.75) is 31.1 Å². The Morgan fingerprint density at radius 3 is 2.13 bits per heavy atom. The summed E-state index contributed by atoms with van der Waals surface area (Å²) in [4.78, 5) is 24.0. The highest BCUT2D eigenvalue weighted by Crippen LogP contribution is 2.39. The highest BCUT2D eigenvalue weighted by atomic mass is 19.4. The molecule has 3 aromatic rings. The molecule has 0 radical (unpaired) electrons. The van der Waals surface area contributed by atoms with Gasteiger partial charge in [-0.1, -0.05) is 12.1 Å². The van der Waals surface area contributed by atoms with Gasteiger partial charge in [0.15, 0.2) is 0 Å². The molecular weight excluding hydrogens is 424 g/mol. The van der Waals surface area contributed by atoms with Crippen molar-refractivity contribution in [2.24, 2.45) is 0 Å². The SMILES string of the molecule is O=C(Cc1cncnc1)C[C@@H](c1ccc(C(F)(F)F)cc1)c1ncccc1C(F)(F)F. The maximum absolute atomic E-state index is 13.5. The Balaban J connectivity index is 2.00. The predicted molar refractivity (Wildman–Crippen MR) is 97.9 cm³/mol. The number of Topliss-reactive ketones (excluding diaryl/α,β-unsaturated/α-hetero) is 1. The summed E-state index contributed by atoms with van der Waals surface area (Å²) in [7, 11) is 0. The molecule has 0 bridgehead atoms. The molecule has 2 heterocycles. The van der Waals surface area contributed by atoms with Gasteiger partial charge in [0, 0.05) is 37.4 Å². The molecule has 10 heteroatoms. The van der Waals surface area contributed by atoms with Gasteiger partial charge in [0.1, 0.15) is 12.1 Å². The van der Waals surface area contributed by atoms with E-state index in [0.29, 0.717) is 5.56 Å². The molecule has 0 amide bonds. The molecule has 3 rings (SSSR count). The molecule has 0 aliphatic heterocycles. The van der Waals surface area contributed by atoms with Crippen molar-refractivity contribution in [2.75, 3.05) is 0 Å². The Morgan fingerprint density at radius 1 is 0.903 bits per heavy atom. The number of rotatable bonds is 6. The first-order chi connectivity index (χ1) is 14.6. The fourth-order valence-electron chi connectivity index (χ4n) is 3.16. The highest BCUT2D eigenvalue weighted by molar-refractivity contribution is 5.82. The van der Waals surface area contributed by atoms with Gasteiger partial charge in [0.05, 0.1) is 16.8 Å². The number of pyridine rings is 1. The van der Waals surface area contributed by atoms with E-state index in [4.69, 9.17) is 0 Å². The molecule has 0 spiro atoms. The fraction of sp³-hybridized carbons (Fsp3) is 0.238. The molecule has 4 nitrogen and oxygen atoms in total. The first kappa shape index (κ1) is 22.4. The van der Waals surface area contributed by atoms with Crippen molar-refractivity contribution in [1.29, 1.82) is 0 Å². The standard InChI is InChI=1S/C21H15F6N3O/c22-20(23,24)15-5-3-14(4-6-15)17(9-16(31)8-13-10-28-12-29-11-13)19-18(21(25,26)27)2-1-7-30-19/h1-7,10-12,17H,8-9H2/t17-/m0/s1. The second-order valence-corrected chi connectivity index (χ2v) is 6.77. The Labute approximate surface area is 173 Å². The van der Waals surface area contributed by atoms with Gasteiger partial charge in [-0.2, -0.15) is 26.3 Å². The number of carbonyl (C=O) groups is 1. The zero-order chi connectivity index (χ0) is 22.6. The molecule has 162 valence electrons. The Hall–Kier alpha value is -3.30. The lowest BCUT2D eigenvalue weighted by molar-refractivity contribution is -0.139. The summed E-state index contributed by atoms with van der Waals surface area (Å²) >= 11 is 0. The van der Waals surface area contributed by atoms with Crippen LogP contribution >= 0.6 is 0 Å². The van der Waals surface area contributed by atoms with Crippen LogP contribution in [0.5, 0.6) is 0 Å². The number of halogens is 6. The van der Waals surface area contributed by atoms with E-state index in [0.717, 1.165) is 42.6 Å². The lowest BCUT2D eigenvalue weighted by Crippen LogP contribution is -2.18. The van der Waals surface area contributed by atoms with E-state index < -0.39 is 40.9 Å². The van der Waals surface area contributed by atoms with E-state index in [9.17, 15) is 31.1 Å². The molecule has 0 saturated heterocycles. The van der Waals surface area contributed by atoms with E-state index in [2.05, 4.69) is 15.0 Å². The molecule has 2 aromatic heterocycles. The maximum Gasteiger partial charge on any atom is 0.418 e. The monoisotopic (exact) mass is 439 g/mol. The Bertz CT molecular complexity index is 1030. The van der Waals surface area contributed by atoms with Crippen LogP contribution < -0.4 is 0 Å². The third-order valence-corrected chi connectivity index (χ3v) is 4.56. The second kappa shape index (κ2) is 8.83. The minimum atomic E-state index is -4.75. The van der Waals surface area contributed by atoms with Crippen LogP contribution in [-0.2, 0) is 23.6 Å². The number of alkyl halides is 6. The second-order valence-electron chi connectivity index (χ2n) is 6.77. The minimum Gasteiger partial charge on any atom is -0.299 e. The normalized spacial score (nSPS) is 13.1. The zero-order valence-electron chi connectivity index (χ0n) is 15.8. The Morgan fingerprint density at radius 2 is 1.55 bits per heavy atom. The van der Waals surface area contributed by atoms with Crippen molar-refractivity contribution < 1.29 is 31.1 Å². The number of hydrogen-bond acceptors (Lipinski definition) is 4. The van der Waals surface area contributed by atoms with Gasteiger partial charge in [-0.25, -0.2) is 9.97 Å². The van der Waals surface area contributed by atoms with Crippen LogP contribution in [0.1, 0.15) is 40.3 Å². The lowest BCUT2D eigenvalue weighted by Gasteiger charge is -2.21. The fourth-order valence-corrected chi connectivity index (χ4v) is 3.16. The van der Waals surface area contributed by atoms with Gasteiger partial charge >= 0.3 is 12.4 Å². The van der Waals surface area contributed by atoms with Gasteiger partial charge in [-0.3, -0.25) is 9.78 Å². The van der Waals surface area contributed by atoms with Gasteiger partial charge in [-0.15, -0.1) is 0 Å². The van der Waals surface area contributed by atoms with Crippen molar-refractivity contribution in [3.05, 3.63) is 89.3 Å². The number of aromatic nitrogens is 3. The number of nitrogens with zero attached hydrogens (tertiary/aromatic N) is 3. The summed E-state index contributed by atoms with van der Waals surface area (Å²) < 4.78 is 79.3. The molecule has 0 saturated carbocycles. The molecule has 1 atom stereocenters. The van der Waals surface area contributed by atoms with E-state index in [1.54, 1.807) is 0 Å². The predicted octanol–water partition coefficient (Wildman–Crippen LogP) is 5.24. The molecule has 0 N–H and O–H groups in total. The van der Waals surface area contributed by atoms with Crippen LogP contribution in [0, 0.1) is 0 Å². The molecule has 31 heavy (non-hydrogen) atoms. The summed E-state index contributed by atoms with van der Waals surface area (Å²) in [6.07, 6.45) is -4.64. The van der Waals surface area contributed by atoms with E-state index in [1.165, 1.54) is 18.7 Å². The quantitative estimate of drug-likeness (QED) is 0.493.